The Balaban J connectivity index is 2.18. The minimum Gasteiger partial charge on any atom is -0.462 e. The van der Waals surface area contributed by atoms with E-state index in [-0.39, 0.29) is 6.10 Å². The monoisotopic (exact) mass is 293 g/mol. The van der Waals surface area contributed by atoms with Gasteiger partial charge in [-0.05, 0) is 38.7 Å². The van der Waals surface area contributed by atoms with Crippen LogP contribution in [-0.2, 0) is 4.74 Å². The molecule has 1 aliphatic rings. The van der Waals surface area contributed by atoms with Crippen molar-refractivity contribution in [3.63, 3.8) is 0 Å². The van der Waals surface area contributed by atoms with Gasteiger partial charge in [-0.25, -0.2) is 9.78 Å². The lowest BCUT2D eigenvalue weighted by molar-refractivity contribution is 0.0526. The van der Waals surface area contributed by atoms with Gasteiger partial charge in [0.1, 0.15) is 11.4 Å². The second kappa shape index (κ2) is 6.76. The highest BCUT2D eigenvalue weighted by Crippen LogP contribution is 2.27. The first-order chi connectivity index (χ1) is 10.0. The molecule has 6 nitrogen and oxygen atoms in total. The lowest BCUT2D eigenvalue weighted by atomic mass is 9.92. The molecule has 1 aromatic heterocycles. The van der Waals surface area contributed by atoms with Crippen LogP contribution >= 0.6 is 0 Å². The van der Waals surface area contributed by atoms with Gasteiger partial charge in [-0.2, -0.15) is 0 Å². The Hall–Kier alpha value is -1.82. The van der Waals surface area contributed by atoms with E-state index in [0.717, 1.165) is 25.9 Å². The molecule has 1 unspecified atom stereocenters. The quantitative estimate of drug-likeness (QED) is 0.817. The Morgan fingerprint density at radius 1 is 1.57 bits per heavy atom. The number of piperidine rings is 1. The van der Waals surface area contributed by atoms with Gasteiger partial charge >= 0.3 is 5.97 Å². The van der Waals surface area contributed by atoms with Gasteiger partial charge in [0.2, 0.25) is 0 Å². The summed E-state index contributed by atoms with van der Waals surface area (Å²) in [6.45, 7) is 5.44. The fraction of sp³-hybridized carbons (Fsp3) is 0.600. The number of anilines is 2. The summed E-state index contributed by atoms with van der Waals surface area (Å²) in [5.74, 6) is 0.526. The Bertz CT molecular complexity index is 497. The van der Waals surface area contributed by atoms with Crippen LogP contribution in [0.25, 0.3) is 0 Å². The molecular weight excluding hydrogens is 270 g/mol. The average molecular weight is 293 g/mol. The van der Waals surface area contributed by atoms with Crippen molar-refractivity contribution in [2.45, 2.75) is 32.8 Å². The van der Waals surface area contributed by atoms with Gasteiger partial charge in [0.15, 0.2) is 0 Å². The number of hydrogen-bond acceptors (Lipinski definition) is 6. The largest absolute Gasteiger partial charge is 0.462 e. The van der Waals surface area contributed by atoms with Crippen molar-refractivity contribution in [3.8, 4) is 0 Å². The van der Waals surface area contributed by atoms with Gasteiger partial charge in [0.25, 0.3) is 0 Å². The standard InChI is InChI=1S/C15H23N3O3/c1-3-21-15(20)13-8-12(16)9-17-14(13)18-6-4-11(5-7-18)10(2)19/h8-11,19H,3-7,16H2,1-2H3. The highest BCUT2D eigenvalue weighted by atomic mass is 16.5. The number of aliphatic hydroxyl groups excluding tert-OH is 1. The molecule has 0 spiro atoms. The molecule has 116 valence electrons. The summed E-state index contributed by atoms with van der Waals surface area (Å²) in [6.07, 6.45) is 3.02. The normalized spacial score (nSPS) is 17.6. The van der Waals surface area contributed by atoms with E-state index in [4.69, 9.17) is 10.5 Å². The first-order valence-electron chi connectivity index (χ1n) is 7.38. The summed E-state index contributed by atoms with van der Waals surface area (Å²) >= 11 is 0. The summed E-state index contributed by atoms with van der Waals surface area (Å²) < 4.78 is 5.07. The maximum Gasteiger partial charge on any atom is 0.341 e. The second-order valence-corrected chi connectivity index (χ2v) is 5.43. The molecule has 6 heteroatoms. The summed E-state index contributed by atoms with van der Waals surface area (Å²) in [5, 5.41) is 9.66. The van der Waals surface area contributed by atoms with Crippen LogP contribution < -0.4 is 10.6 Å². The van der Waals surface area contributed by atoms with E-state index in [1.165, 1.54) is 0 Å². The van der Waals surface area contributed by atoms with Crippen LogP contribution in [0, 0.1) is 5.92 Å². The number of aromatic nitrogens is 1. The Morgan fingerprint density at radius 3 is 2.81 bits per heavy atom. The number of ether oxygens (including phenoxy) is 1. The number of carbonyl (C=O) groups excluding carboxylic acids is 1. The summed E-state index contributed by atoms with van der Waals surface area (Å²) in [7, 11) is 0. The predicted molar refractivity (Wildman–Crippen MR) is 81.2 cm³/mol. The number of rotatable bonds is 4. The van der Waals surface area contributed by atoms with Gasteiger partial charge in [-0.15, -0.1) is 0 Å². The molecule has 1 fully saturated rings. The third-order valence-electron chi connectivity index (χ3n) is 3.90. The Morgan fingerprint density at radius 2 is 2.24 bits per heavy atom. The molecule has 0 amide bonds. The molecule has 0 aliphatic carbocycles. The fourth-order valence-corrected chi connectivity index (χ4v) is 2.68. The summed E-state index contributed by atoms with van der Waals surface area (Å²) in [4.78, 5) is 18.4. The van der Waals surface area contributed by atoms with E-state index in [2.05, 4.69) is 9.88 Å². The molecular formula is C15H23N3O3. The molecule has 2 heterocycles. The molecule has 2 rings (SSSR count). The molecule has 1 atom stereocenters. The van der Waals surface area contributed by atoms with Crippen LogP contribution in [0.15, 0.2) is 12.3 Å². The van der Waals surface area contributed by atoms with Crippen molar-refractivity contribution >= 4 is 17.5 Å². The molecule has 0 saturated carbocycles. The zero-order chi connectivity index (χ0) is 15.4. The van der Waals surface area contributed by atoms with Crippen LogP contribution in [0.2, 0.25) is 0 Å². The lowest BCUT2D eigenvalue weighted by Gasteiger charge is -2.34. The first kappa shape index (κ1) is 15.6. The number of nitrogen functional groups attached to an aromatic ring is 1. The maximum atomic E-state index is 12.0. The zero-order valence-electron chi connectivity index (χ0n) is 12.6. The maximum absolute atomic E-state index is 12.0. The van der Waals surface area contributed by atoms with E-state index in [1.54, 1.807) is 19.2 Å². The number of carbonyl (C=O) groups is 1. The van der Waals surface area contributed by atoms with Crippen molar-refractivity contribution in [2.24, 2.45) is 5.92 Å². The second-order valence-electron chi connectivity index (χ2n) is 5.43. The number of hydrogen-bond donors (Lipinski definition) is 2. The molecule has 0 bridgehead atoms. The molecule has 21 heavy (non-hydrogen) atoms. The molecule has 3 N–H and O–H groups in total. The van der Waals surface area contributed by atoms with Gasteiger partial charge in [-0.1, -0.05) is 0 Å². The molecule has 1 aromatic rings. The summed E-state index contributed by atoms with van der Waals surface area (Å²) in [6, 6.07) is 1.61. The minimum atomic E-state index is -0.398. The van der Waals surface area contributed by atoms with E-state index in [0.29, 0.717) is 29.6 Å². The van der Waals surface area contributed by atoms with Crippen molar-refractivity contribution in [1.29, 1.82) is 0 Å². The lowest BCUT2D eigenvalue weighted by Crippen LogP contribution is -2.38. The van der Waals surface area contributed by atoms with Crippen molar-refractivity contribution in [2.75, 3.05) is 30.3 Å². The molecule has 0 aromatic carbocycles. The van der Waals surface area contributed by atoms with Crippen LogP contribution in [-0.4, -0.2) is 41.9 Å². The Labute approximate surface area is 124 Å². The topological polar surface area (TPSA) is 88.7 Å². The van der Waals surface area contributed by atoms with Gasteiger partial charge < -0.3 is 20.5 Å². The smallest absolute Gasteiger partial charge is 0.341 e. The fourth-order valence-electron chi connectivity index (χ4n) is 2.68. The highest BCUT2D eigenvalue weighted by Gasteiger charge is 2.26. The van der Waals surface area contributed by atoms with E-state index >= 15 is 0 Å². The minimum absolute atomic E-state index is 0.295. The third kappa shape index (κ3) is 3.64. The Kier molecular flexibility index (Phi) is 5.01. The molecule has 1 saturated heterocycles. The third-order valence-corrected chi connectivity index (χ3v) is 3.90. The van der Waals surface area contributed by atoms with E-state index in [1.807, 2.05) is 6.92 Å². The van der Waals surface area contributed by atoms with Crippen LogP contribution in [0.4, 0.5) is 11.5 Å². The van der Waals surface area contributed by atoms with Crippen molar-refractivity contribution < 1.29 is 14.6 Å². The SMILES string of the molecule is CCOC(=O)c1cc(N)cnc1N1CCC(C(C)O)CC1. The van der Waals surface area contributed by atoms with Crippen molar-refractivity contribution in [1.82, 2.24) is 4.98 Å². The predicted octanol–water partition coefficient (Wildman–Crippen LogP) is 1.44. The zero-order valence-corrected chi connectivity index (χ0v) is 12.6. The van der Waals surface area contributed by atoms with Gasteiger partial charge in [0.05, 0.1) is 24.6 Å². The first-order valence-corrected chi connectivity index (χ1v) is 7.38. The van der Waals surface area contributed by atoms with Crippen LogP contribution in [0.3, 0.4) is 0 Å². The number of nitrogens with zero attached hydrogens (tertiary/aromatic N) is 2. The van der Waals surface area contributed by atoms with Crippen molar-refractivity contribution in [3.05, 3.63) is 17.8 Å². The summed E-state index contributed by atoms with van der Waals surface area (Å²) in [5.41, 5.74) is 6.59. The number of aliphatic hydroxyl groups is 1. The van der Waals surface area contributed by atoms with Gasteiger partial charge in [0, 0.05) is 13.1 Å². The number of esters is 1. The van der Waals surface area contributed by atoms with Crippen LogP contribution in [0.5, 0.6) is 0 Å². The van der Waals surface area contributed by atoms with Crippen LogP contribution in [0.1, 0.15) is 37.0 Å². The van der Waals surface area contributed by atoms with Gasteiger partial charge in [-0.3, -0.25) is 0 Å². The molecule has 1 aliphatic heterocycles. The van der Waals surface area contributed by atoms with E-state index < -0.39 is 5.97 Å². The number of pyridine rings is 1. The van der Waals surface area contributed by atoms with E-state index in [9.17, 15) is 9.90 Å². The molecule has 0 radical (unpaired) electrons. The highest BCUT2D eigenvalue weighted by molar-refractivity contribution is 5.95. The number of nitrogens with two attached hydrogens (primary N) is 1. The average Bonchev–Trinajstić information content (AvgIpc) is 2.47.